The minimum atomic E-state index is -4.98. The molecular formula is C77H134O17P2. The van der Waals surface area contributed by atoms with Crippen molar-refractivity contribution >= 4 is 39.5 Å². The van der Waals surface area contributed by atoms with Crippen molar-refractivity contribution in [2.45, 2.75) is 329 Å². The first-order chi connectivity index (χ1) is 46.7. The summed E-state index contributed by atoms with van der Waals surface area (Å²) in [7, 11) is -9.96. The summed E-state index contributed by atoms with van der Waals surface area (Å²) in [5.41, 5.74) is 0. The van der Waals surface area contributed by atoms with Crippen LogP contribution in [0.1, 0.15) is 310 Å². The molecule has 0 aliphatic rings. The van der Waals surface area contributed by atoms with Gasteiger partial charge in [0.1, 0.15) is 19.3 Å². The Bertz CT molecular complexity index is 2200. The average molecular weight is 1390 g/mol. The Labute approximate surface area is 582 Å². The second-order valence-electron chi connectivity index (χ2n) is 24.9. The van der Waals surface area contributed by atoms with Crippen LogP contribution in [0.2, 0.25) is 0 Å². The number of allylic oxidation sites excluding steroid dienone is 16. The molecule has 0 aromatic rings. The Hall–Kier alpha value is -4.02. The monoisotopic (exact) mass is 1390 g/mol. The molecule has 3 N–H and O–H groups in total. The first-order valence-electron chi connectivity index (χ1n) is 37.5. The van der Waals surface area contributed by atoms with Gasteiger partial charge in [-0.3, -0.25) is 37.3 Å². The quantitative estimate of drug-likeness (QED) is 0.0169. The lowest BCUT2D eigenvalue weighted by Crippen LogP contribution is -2.30. The van der Waals surface area contributed by atoms with Crippen molar-refractivity contribution in [1.29, 1.82) is 0 Å². The number of unbranched alkanes of at least 4 members (excludes halogenated alkanes) is 28. The van der Waals surface area contributed by atoms with Gasteiger partial charge in [-0.15, -0.1) is 0 Å². The molecule has 17 nitrogen and oxygen atoms in total. The molecule has 0 radical (unpaired) electrons. The van der Waals surface area contributed by atoms with Crippen molar-refractivity contribution in [1.82, 2.24) is 0 Å². The first-order valence-corrected chi connectivity index (χ1v) is 40.5. The normalized spacial score (nSPS) is 14.5. The number of phosphoric ester groups is 2. The third-order valence-electron chi connectivity index (χ3n) is 15.5. The van der Waals surface area contributed by atoms with Gasteiger partial charge in [0.25, 0.3) is 0 Å². The SMILES string of the molecule is CC/C=C\C/C=C\C/C=C\C/C=C\C/C=C\CCCC(=O)OCC(COP(=O)(O)OCC(O)COP(=O)(O)OCC(COC(=O)CCCCCCC/C=C\C/C=C\CCC)OC(=O)CCCCCCC/C=C\CCCCCC)OC(=O)CCCCCCCCCCCCCCC. The van der Waals surface area contributed by atoms with Gasteiger partial charge in [0, 0.05) is 25.7 Å². The van der Waals surface area contributed by atoms with E-state index in [4.69, 9.17) is 37.0 Å². The van der Waals surface area contributed by atoms with E-state index in [1.54, 1.807) is 0 Å². The highest BCUT2D eigenvalue weighted by atomic mass is 31.2. The van der Waals surface area contributed by atoms with Crippen molar-refractivity contribution in [2.75, 3.05) is 39.6 Å². The zero-order chi connectivity index (χ0) is 70.4. The smallest absolute Gasteiger partial charge is 0.462 e. The zero-order valence-electron chi connectivity index (χ0n) is 60.3. The van der Waals surface area contributed by atoms with Gasteiger partial charge in [0.15, 0.2) is 12.2 Å². The van der Waals surface area contributed by atoms with E-state index >= 15 is 0 Å². The Kier molecular flexibility index (Phi) is 66.6. The van der Waals surface area contributed by atoms with Crippen molar-refractivity contribution in [3.05, 3.63) is 97.2 Å². The highest BCUT2D eigenvalue weighted by Gasteiger charge is 2.30. The summed E-state index contributed by atoms with van der Waals surface area (Å²) in [4.78, 5) is 72.7. The number of hydrogen-bond acceptors (Lipinski definition) is 15. The van der Waals surface area contributed by atoms with Crippen LogP contribution in [-0.2, 0) is 65.4 Å². The van der Waals surface area contributed by atoms with Crippen molar-refractivity contribution in [3.63, 3.8) is 0 Å². The molecule has 0 aliphatic carbocycles. The number of phosphoric acid groups is 2. The summed E-state index contributed by atoms with van der Waals surface area (Å²) < 4.78 is 68.3. The van der Waals surface area contributed by atoms with E-state index in [2.05, 4.69) is 113 Å². The molecule has 0 saturated carbocycles. The van der Waals surface area contributed by atoms with Crippen molar-refractivity contribution in [2.24, 2.45) is 0 Å². The van der Waals surface area contributed by atoms with Gasteiger partial charge in [-0.25, -0.2) is 9.13 Å². The number of aliphatic hydroxyl groups excluding tert-OH is 1. The average Bonchev–Trinajstić information content (AvgIpc) is 3.12. The van der Waals surface area contributed by atoms with E-state index in [-0.39, 0.29) is 25.7 Å². The summed E-state index contributed by atoms with van der Waals surface area (Å²) in [6, 6.07) is 0. The Morgan fingerprint density at radius 3 is 0.938 bits per heavy atom. The minimum Gasteiger partial charge on any atom is -0.462 e. The summed E-state index contributed by atoms with van der Waals surface area (Å²) in [5.74, 6) is -2.25. The second kappa shape index (κ2) is 69.5. The van der Waals surface area contributed by atoms with Crippen LogP contribution in [-0.4, -0.2) is 96.7 Å². The Morgan fingerprint density at radius 1 is 0.302 bits per heavy atom. The lowest BCUT2D eigenvalue weighted by molar-refractivity contribution is -0.161. The van der Waals surface area contributed by atoms with E-state index in [0.717, 1.165) is 148 Å². The zero-order valence-corrected chi connectivity index (χ0v) is 62.1. The molecule has 0 fully saturated rings. The summed E-state index contributed by atoms with van der Waals surface area (Å²) in [6.07, 6.45) is 71.2. The molecule has 0 bridgehead atoms. The van der Waals surface area contributed by atoms with Crippen LogP contribution < -0.4 is 0 Å². The van der Waals surface area contributed by atoms with Crippen molar-refractivity contribution < 1.29 is 80.2 Å². The van der Waals surface area contributed by atoms with Crippen LogP contribution in [0.5, 0.6) is 0 Å². The Morgan fingerprint density at radius 2 is 0.573 bits per heavy atom. The molecule has 0 aromatic carbocycles. The molecule has 0 rings (SSSR count). The van der Waals surface area contributed by atoms with Crippen LogP contribution in [0.15, 0.2) is 97.2 Å². The molecule has 0 aromatic heterocycles. The molecule has 5 atom stereocenters. The number of aliphatic hydroxyl groups is 1. The third kappa shape index (κ3) is 68.5. The van der Waals surface area contributed by atoms with Crippen LogP contribution in [0.3, 0.4) is 0 Å². The molecular weight excluding hydrogens is 1260 g/mol. The van der Waals surface area contributed by atoms with Gasteiger partial charge in [-0.05, 0) is 116 Å². The van der Waals surface area contributed by atoms with Crippen LogP contribution in [0, 0.1) is 0 Å². The Balaban J connectivity index is 5.38. The first kappa shape index (κ1) is 92.0. The fourth-order valence-electron chi connectivity index (χ4n) is 9.82. The maximum atomic E-state index is 13.1. The molecule has 0 amide bonds. The largest absolute Gasteiger partial charge is 0.472 e. The van der Waals surface area contributed by atoms with E-state index in [1.165, 1.54) is 77.0 Å². The molecule has 96 heavy (non-hydrogen) atoms. The predicted molar refractivity (Wildman–Crippen MR) is 390 cm³/mol. The molecule has 0 aliphatic heterocycles. The highest BCUT2D eigenvalue weighted by molar-refractivity contribution is 7.47. The summed E-state index contributed by atoms with van der Waals surface area (Å²) >= 11 is 0. The molecule has 0 saturated heterocycles. The molecule has 0 heterocycles. The van der Waals surface area contributed by atoms with Crippen LogP contribution in [0.25, 0.3) is 0 Å². The van der Waals surface area contributed by atoms with E-state index < -0.39 is 97.5 Å². The number of hydrogen-bond donors (Lipinski definition) is 3. The lowest BCUT2D eigenvalue weighted by Gasteiger charge is -2.21. The number of carbonyl (C=O) groups excluding carboxylic acids is 4. The maximum Gasteiger partial charge on any atom is 0.472 e. The molecule has 19 heteroatoms. The molecule has 554 valence electrons. The number of esters is 4. The summed E-state index contributed by atoms with van der Waals surface area (Å²) in [6.45, 7) is 4.60. The van der Waals surface area contributed by atoms with Gasteiger partial charge < -0.3 is 33.8 Å². The predicted octanol–water partition coefficient (Wildman–Crippen LogP) is 21.2. The lowest BCUT2D eigenvalue weighted by atomic mass is 10.0. The van der Waals surface area contributed by atoms with Gasteiger partial charge >= 0.3 is 39.5 Å². The van der Waals surface area contributed by atoms with Gasteiger partial charge in [0.05, 0.1) is 26.4 Å². The number of ether oxygens (including phenoxy) is 4. The van der Waals surface area contributed by atoms with E-state index in [0.29, 0.717) is 32.1 Å². The summed E-state index contributed by atoms with van der Waals surface area (Å²) in [5, 5.41) is 10.6. The third-order valence-corrected chi connectivity index (χ3v) is 17.4. The van der Waals surface area contributed by atoms with Crippen LogP contribution in [0.4, 0.5) is 0 Å². The number of rotatable bonds is 70. The molecule has 0 spiro atoms. The van der Waals surface area contributed by atoms with E-state index in [1.807, 2.05) is 12.2 Å². The van der Waals surface area contributed by atoms with Crippen LogP contribution >= 0.6 is 15.6 Å². The van der Waals surface area contributed by atoms with Crippen molar-refractivity contribution in [3.8, 4) is 0 Å². The fraction of sp³-hybridized carbons (Fsp3) is 0.740. The fourth-order valence-corrected chi connectivity index (χ4v) is 11.4. The minimum absolute atomic E-state index is 0.0814. The van der Waals surface area contributed by atoms with Gasteiger partial charge in [-0.2, -0.15) is 0 Å². The highest BCUT2D eigenvalue weighted by Crippen LogP contribution is 2.45. The maximum absolute atomic E-state index is 13.1. The number of carbonyl (C=O) groups is 4. The van der Waals surface area contributed by atoms with E-state index in [9.17, 15) is 43.2 Å². The van der Waals surface area contributed by atoms with Gasteiger partial charge in [0.2, 0.25) is 0 Å². The van der Waals surface area contributed by atoms with Gasteiger partial charge in [-0.1, -0.05) is 266 Å². The molecule has 5 unspecified atom stereocenters. The standard InChI is InChI=1S/C77H134O17P2/c1-5-9-13-17-21-25-29-33-34-35-36-40-42-46-50-54-58-62-75(80)88-68-73(94-77(82)64-60-56-52-48-44-39-32-28-24-20-16-12-8-4)70-92-96(85,86)90-66-71(78)65-89-95(83,84)91-69-72(93-76(81)63-59-55-51-47-43-38-31-27-23-19-15-11-7-3)67-87-74(79)61-57-53-49-45-41-37-30-26-22-18-14-10-6-2/h9,13-14,18,21,25-27,30-31,33-34,36,40,46,50,71-73,78H,5-8,10-12,15-17,19-20,22-24,28-29,32,35,37-39,41-45,47-49,51-70H2,1-4H3,(H,83,84)(H,85,86)/b13-9-,18-14-,25-21-,30-26-,31-27-,34-33-,40-36-,50-46-. The second-order valence-corrected chi connectivity index (χ2v) is 27.8. The topological polar surface area (TPSA) is 237 Å².